The van der Waals surface area contributed by atoms with E-state index < -0.39 is 11.4 Å². The monoisotopic (exact) mass is 269 g/mol. The lowest BCUT2D eigenvalue weighted by molar-refractivity contribution is -0.117. The number of carbonyl (C=O) groups excluding carboxylic acids is 1. The first kappa shape index (κ1) is 13.1. The van der Waals surface area contributed by atoms with Gasteiger partial charge in [0, 0.05) is 11.6 Å². The molecule has 1 amide bonds. The highest BCUT2D eigenvalue weighted by molar-refractivity contribution is 6.32. The summed E-state index contributed by atoms with van der Waals surface area (Å²) in [5, 5.41) is 12.0. The van der Waals surface area contributed by atoms with E-state index in [1.54, 1.807) is 6.07 Å². The van der Waals surface area contributed by atoms with Crippen LogP contribution in [0.25, 0.3) is 6.08 Å². The molecule has 0 heterocycles. The van der Waals surface area contributed by atoms with Crippen LogP contribution in [0, 0.1) is 5.82 Å². The SMILES string of the molecule is O=C(/C=C/c1c(F)cccc1Cl)NC1(CO)CC1. The molecule has 1 aromatic rings. The normalized spacial score (nSPS) is 16.8. The van der Waals surface area contributed by atoms with Crippen LogP contribution >= 0.6 is 11.6 Å². The molecule has 96 valence electrons. The number of aliphatic hydroxyl groups is 1. The van der Waals surface area contributed by atoms with E-state index in [1.165, 1.54) is 24.3 Å². The summed E-state index contributed by atoms with van der Waals surface area (Å²) >= 11 is 5.82. The van der Waals surface area contributed by atoms with Crippen LogP contribution in [0.15, 0.2) is 24.3 Å². The molecule has 0 spiro atoms. The van der Waals surface area contributed by atoms with Gasteiger partial charge in [0.15, 0.2) is 0 Å². The van der Waals surface area contributed by atoms with E-state index >= 15 is 0 Å². The van der Waals surface area contributed by atoms with Gasteiger partial charge in [0.25, 0.3) is 0 Å². The van der Waals surface area contributed by atoms with Crippen molar-refractivity contribution in [1.82, 2.24) is 5.32 Å². The third-order valence-electron chi connectivity index (χ3n) is 2.95. The van der Waals surface area contributed by atoms with Crippen LogP contribution in [0.5, 0.6) is 0 Å². The quantitative estimate of drug-likeness (QED) is 0.823. The average molecular weight is 270 g/mol. The number of carbonyl (C=O) groups is 1. The van der Waals surface area contributed by atoms with Gasteiger partial charge < -0.3 is 10.4 Å². The van der Waals surface area contributed by atoms with Gasteiger partial charge >= 0.3 is 0 Å². The van der Waals surface area contributed by atoms with E-state index in [4.69, 9.17) is 16.7 Å². The van der Waals surface area contributed by atoms with Crippen molar-refractivity contribution in [2.45, 2.75) is 18.4 Å². The molecule has 1 aliphatic carbocycles. The van der Waals surface area contributed by atoms with Gasteiger partial charge in [-0.1, -0.05) is 17.7 Å². The van der Waals surface area contributed by atoms with E-state index in [0.29, 0.717) is 0 Å². The van der Waals surface area contributed by atoms with E-state index in [-0.39, 0.29) is 23.1 Å². The Morgan fingerprint density at radius 2 is 2.28 bits per heavy atom. The lowest BCUT2D eigenvalue weighted by Crippen LogP contribution is -2.38. The van der Waals surface area contributed by atoms with E-state index in [2.05, 4.69) is 5.32 Å². The van der Waals surface area contributed by atoms with Gasteiger partial charge in [0.05, 0.1) is 17.2 Å². The van der Waals surface area contributed by atoms with Gasteiger partial charge in [-0.05, 0) is 31.1 Å². The Hall–Kier alpha value is -1.39. The second-order valence-electron chi connectivity index (χ2n) is 4.40. The standard InChI is InChI=1S/C13H13ClFNO2/c14-10-2-1-3-11(15)9(10)4-5-12(18)16-13(8-17)6-7-13/h1-5,17H,6-8H2,(H,16,18)/b5-4+. The van der Waals surface area contributed by atoms with Crippen molar-refractivity contribution in [3.05, 3.63) is 40.7 Å². The van der Waals surface area contributed by atoms with Crippen LogP contribution in [0.4, 0.5) is 4.39 Å². The smallest absolute Gasteiger partial charge is 0.244 e. The lowest BCUT2D eigenvalue weighted by Gasteiger charge is -2.11. The summed E-state index contributed by atoms with van der Waals surface area (Å²) in [6.45, 7) is -0.0764. The van der Waals surface area contributed by atoms with Crippen molar-refractivity contribution in [1.29, 1.82) is 0 Å². The molecule has 1 fully saturated rings. The Balaban J connectivity index is 2.04. The summed E-state index contributed by atoms with van der Waals surface area (Å²) in [7, 11) is 0. The second-order valence-corrected chi connectivity index (χ2v) is 4.80. The van der Waals surface area contributed by atoms with Crippen molar-refractivity contribution < 1.29 is 14.3 Å². The molecule has 0 aromatic heterocycles. The molecule has 2 N–H and O–H groups in total. The highest BCUT2D eigenvalue weighted by atomic mass is 35.5. The average Bonchev–Trinajstić information content (AvgIpc) is 3.09. The summed E-state index contributed by atoms with van der Waals surface area (Å²) in [6, 6.07) is 4.33. The van der Waals surface area contributed by atoms with Crippen LogP contribution < -0.4 is 5.32 Å². The van der Waals surface area contributed by atoms with Crippen molar-refractivity contribution in [3.8, 4) is 0 Å². The second kappa shape index (κ2) is 5.08. The third-order valence-corrected chi connectivity index (χ3v) is 3.28. The Kier molecular flexibility index (Phi) is 3.68. The number of amides is 1. The Labute approximate surface area is 109 Å². The molecule has 0 bridgehead atoms. The van der Waals surface area contributed by atoms with Gasteiger partial charge in [-0.15, -0.1) is 0 Å². The molecule has 18 heavy (non-hydrogen) atoms. The molecule has 0 saturated heterocycles. The Morgan fingerprint density at radius 1 is 1.56 bits per heavy atom. The van der Waals surface area contributed by atoms with Gasteiger partial charge in [-0.2, -0.15) is 0 Å². The largest absolute Gasteiger partial charge is 0.394 e. The number of hydrogen-bond donors (Lipinski definition) is 2. The molecular formula is C13H13ClFNO2. The number of rotatable bonds is 4. The summed E-state index contributed by atoms with van der Waals surface area (Å²) in [6.07, 6.45) is 4.09. The predicted octanol–water partition coefficient (Wildman–Crippen LogP) is 2.13. The number of benzene rings is 1. The van der Waals surface area contributed by atoms with E-state index in [1.807, 2.05) is 0 Å². The minimum atomic E-state index is -0.477. The van der Waals surface area contributed by atoms with Crippen molar-refractivity contribution in [2.75, 3.05) is 6.61 Å². The van der Waals surface area contributed by atoms with Gasteiger partial charge in [-0.25, -0.2) is 4.39 Å². The molecule has 3 nitrogen and oxygen atoms in total. The third kappa shape index (κ3) is 2.89. The number of halogens is 2. The molecule has 1 saturated carbocycles. The van der Waals surface area contributed by atoms with Crippen LogP contribution in [-0.2, 0) is 4.79 Å². The molecule has 0 unspecified atom stereocenters. The van der Waals surface area contributed by atoms with Gasteiger partial charge in [0.1, 0.15) is 5.82 Å². The highest BCUT2D eigenvalue weighted by Crippen LogP contribution is 2.34. The topological polar surface area (TPSA) is 49.3 Å². The molecule has 1 aliphatic rings. The predicted molar refractivity (Wildman–Crippen MR) is 67.6 cm³/mol. The van der Waals surface area contributed by atoms with E-state index in [0.717, 1.165) is 12.8 Å². The molecular weight excluding hydrogens is 257 g/mol. The van der Waals surface area contributed by atoms with E-state index in [9.17, 15) is 9.18 Å². The fourth-order valence-corrected chi connectivity index (χ4v) is 1.83. The fraction of sp³-hybridized carbons (Fsp3) is 0.308. The molecule has 1 aromatic carbocycles. The number of hydrogen-bond acceptors (Lipinski definition) is 2. The maximum absolute atomic E-state index is 13.4. The first-order chi connectivity index (χ1) is 8.56. The van der Waals surface area contributed by atoms with Crippen molar-refractivity contribution >= 4 is 23.6 Å². The fourth-order valence-electron chi connectivity index (χ4n) is 1.61. The maximum Gasteiger partial charge on any atom is 0.244 e. The summed E-state index contributed by atoms with van der Waals surface area (Å²) in [5.41, 5.74) is -0.288. The molecule has 2 rings (SSSR count). The van der Waals surface area contributed by atoms with Gasteiger partial charge in [0.2, 0.25) is 5.91 Å². The summed E-state index contributed by atoms with van der Waals surface area (Å²) < 4.78 is 13.4. The number of aliphatic hydroxyl groups excluding tert-OH is 1. The minimum absolute atomic E-state index is 0.0764. The van der Waals surface area contributed by atoms with Crippen LogP contribution in [0.3, 0.4) is 0 Å². The Morgan fingerprint density at radius 3 is 2.83 bits per heavy atom. The van der Waals surface area contributed by atoms with Crippen LogP contribution in [-0.4, -0.2) is 23.2 Å². The minimum Gasteiger partial charge on any atom is -0.394 e. The number of nitrogens with one attached hydrogen (secondary N) is 1. The van der Waals surface area contributed by atoms with Gasteiger partial charge in [-0.3, -0.25) is 4.79 Å². The molecule has 0 radical (unpaired) electrons. The van der Waals surface area contributed by atoms with Crippen LogP contribution in [0.2, 0.25) is 5.02 Å². The first-order valence-electron chi connectivity index (χ1n) is 5.61. The summed E-state index contributed by atoms with van der Waals surface area (Å²) in [4.78, 5) is 11.6. The first-order valence-corrected chi connectivity index (χ1v) is 5.99. The molecule has 5 heteroatoms. The zero-order chi connectivity index (χ0) is 13.2. The lowest BCUT2D eigenvalue weighted by atomic mass is 10.2. The Bertz CT molecular complexity index is 478. The zero-order valence-electron chi connectivity index (χ0n) is 9.62. The highest BCUT2D eigenvalue weighted by Gasteiger charge is 2.42. The molecule has 0 atom stereocenters. The zero-order valence-corrected chi connectivity index (χ0v) is 10.4. The van der Waals surface area contributed by atoms with Crippen molar-refractivity contribution in [3.63, 3.8) is 0 Å². The summed E-state index contributed by atoms with van der Waals surface area (Å²) in [5.74, 6) is -0.837. The molecule has 0 aliphatic heterocycles. The maximum atomic E-state index is 13.4. The van der Waals surface area contributed by atoms with Crippen LogP contribution in [0.1, 0.15) is 18.4 Å². The van der Waals surface area contributed by atoms with Crippen molar-refractivity contribution in [2.24, 2.45) is 0 Å².